The van der Waals surface area contributed by atoms with Crippen molar-refractivity contribution in [1.29, 1.82) is 0 Å². The van der Waals surface area contributed by atoms with Crippen molar-refractivity contribution in [1.82, 2.24) is 4.90 Å². The number of benzene rings is 1. The van der Waals surface area contributed by atoms with Gasteiger partial charge < -0.3 is 14.7 Å². The average molecular weight is 263 g/mol. The van der Waals surface area contributed by atoms with Gasteiger partial charge in [0.25, 0.3) is 0 Å². The molecule has 1 N–H and O–H groups in total. The number of aliphatic hydroxyl groups excluding tert-OH is 1. The molecule has 5 nitrogen and oxygen atoms in total. The molecule has 2 atom stereocenters. The average Bonchev–Trinajstić information content (AvgIpc) is 2.65. The molecule has 2 rings (SSSR count). The second-order valence-corrected chi connectivity index (χ2v) is 4.72. The molecule has 1 saturated heterocycles. The fourth-order valence-electron chi connectivity index (χ4n) is 2.01. The second kappa shape index (κ2) is 5.84. The van der Waals surface area contributed by atoms with Crippen LogP contribution in [0.15, 0.2) is 30.3 Å². The van der Waals surface area contributed by atoms with Crippen molar-refractivity contribution in [2.24, 2.45) is 5.92 Å². The van der Waals surface area contributed by atoms with Gasteiger partial charge in [-0.1, -0.05) is 37.3 Å². The highest BCUT2D eigenvalue weighted by molar-refractivity contribution is 5.85. The Morgan fingerprint density at radius 2 is 2.11 bits per heavy atom. The first-order chi connectivity index (χ1) is 9.08. The Hall–Kier alpha value is -1.88. The Labute approximate surface area is 111 Å². The van der Waals surface area contributed by atoms with E-state index in [-0.39, 0.29) is 25.6 Å². The number of nitrogens with zero attached hydrogens (tertiary/aromatic N) is 1. The normalized spacial score (nSPS) is 22.6. The Balaban J connectivity index is 1.81. The summed E-state index contributed by atoms with van der Waals surface area (Å²) >= 11 is 0. The number of amides is 1. The number of aliphatic hydroxyl groups is 1. The SMILES string of the molecule is C[C@@H]1C(=O)N(CC(=O)OCc2ccccc2)C[C@@H]1O. The first kappa shape index (κ1) is 13.5. The van der Waals surface area contributed by atoms with E-state index in [2.05, 4.69) is 0 Å². The van der Waals surface area contributed by atoms with Crippen LogP contribution in [0, 0.1) is 5.92 Å². The summed E-state index contributed by atoms with van der Waals surface area (Å²) in [5.74, 6) is -1.11. The lowest BCUT2D eigenvalue weighted by Gasteiger charge is -2.14. The third-order valence-electron chi connectivity index (χ3n) is 3.25. The minimum Gasteiger partial charge on any atom is -0.459 e. The smallest absolute Gasteiger partial charge is 0.325 e. The number of hydrogen-bond donors (Lipinski definition) is 1. The third-order valence-corrected chi connectivity index (χ3v) is 3.25. The number of β-amino-alcohol motifs (C(OH)–C–C–N with tert-alkyl or cyclic N) is 1. The Bertz CT molecular complexity index is 460. The van der Waals surface area contributed by atoms with E-state index in [1.807, 2.05) is 30.3 Å². The van der Waals surface area contributed by atoms with Crippen LogP contribution in [0.2, 0.25) is 0 Å². The number of carbonyl (C=O) groups excluding carboxylic acids is 2. The molecule has 102 valence electrons. The van der Waals surface area contributed by atoms with Crippen molar-refractivity contribution in [3.05, 3.63) is 35.9 Å². The topological polar surface area (TPSA) is 66.8 Å². The van der Waals surface area contributed by atoms with Gasteiger partial charge in [0.2, 0.25) is 5.91 Å². The standard InChI is InChI=1S/C14H17NO4/c1-10-12(16)7-15(14(10)18)8-13(17)19-9-11-5-3-2-4-6-11/h2-6,10,12,16H,7-9H2,1H3/t10-,12-/m0/s1. The van der Waals surface area contributed by atoms with E-state index < -0.39 is 18.0 Å². The van der Waals surface area contributed by atoms with Gasteiger partial charge in [-0.05, 0) is 5.56 Å². The van der Waals surface area contributed by atoms with E-state index in [1.54, 1.807) is 6.92 Å². The minimum absolute atomic E-state index is 0.104. The van der Waals surface area contributed by atoms with Gasteiger partial charge in [0.15, 0.2) is 0 Å². The largest absolute Gasteiger partial charge is 0.459 e. The molecular weight excluding hydrogens is 246 g/mol. The highest BCUT2D eigenvalue weighted by Gasteiger charge is 2.36. The van der Waals surface area contributed by atoms with Crippen LogP contribution in [0.3, 0.4) is 0 Å². The lowest BCUT2D eigenvalue weighted by Crippen LogP contribution is -2.33. The first-order valence-corrected chi connectivity index (χ1v) is 6.24. The second-order valence-electron chi connectivity index (χ2n) is 4.72. The van der Waals surface area contributed by atoms with Gasteiger partial charge in [0.05, 0.1) is 12.0 Å². The quantitative estimate of drug-likeness (QED) is 0.806. The molecule has 0 spiro atoms. The molecule has 1 aromatic rings. The van der Waals surface area contributed by atoms with Gasteiger partial charge in [-0.15, -0.1) is 0 Å². The first-order valence-electron chi connectivity index (χ1n) is 6.24. The summed E-state index contributed by atoms with van der Waals surface area (Å²) < 4.78 is 5.09. The molecule has 1 aromatic carbocycles. The molecule has 1 aliphatic rings. The molecule has 0 aromatic heterocycles. The summed E-state index contributed by atoms with van der Waals surface area (Å²) in [4.78, 5) is 24.7. The minimum atomic E-state index is -0.700. The van der Waals surface area contributed by atoms with Crippen LogP contribution in [0.4, 0.5) is 0 Å². The van der Waals surface area contributed by atoms with Crippen molar-refractivity contribution in [3.8, 4) is 0 Å². The fourth-order valence-corrected chi connectivity index (χ4v) is 2.01. The zero-order chi connectivity index (χ0) is 13.8. The Kier molecular flexibility index (Phi) is 4.16. The zero-order valence-electron chi connectivity index (χ0n) is 10.8. The molecule has 19 heavy (non-hydrogen) atoms. The summed E-state index contributed by atoms with van der Waals surface area (Å²) in [5, 5.41) is 9.54. The van der Waals surface area contributed by atoms with Gasteiger partial charge >= 0.3 is 5.97 Å². The monoisotopic (exact) mass is 263 g/mol. The predicted molar refractivity (Wildman–Crippen MR) is 68.0 cm³/mol. The number of rotatable bonds is 4. The van der Waals surface area contributed by atoms with Crippen LogP contribution in [-0.4, -0.2) is 41.1 Å². The summed E-state index contributed by atoms with van der Waals surface area (Å²) in [5.41, 5.74) is 0.900. The summed E-state index contributed by atoms with van der Waals surface area (Å²) in [6.07, 6.45) is -0.700. The van der Waals surface area contributed by atoms with Gasteiger partial charge in [-0.3, -0.25) is 9.59 Å². The van der Waals surface area contributed by atoms with Gasteiger partial charge in [-0.25, -0.2) is 0 Å². The van der Waals surface area contributed by atoms with Crippen molar-refractivity contribution in [2.75, 3.05) is 13.1 Å². The lowest BCUT2D eigenvalue weighted by atomic mass is 10.1. The molecule has 5 heteroatoms. The van der Waals surface area contributed by atoms with Crippen LogP contribution >= 0.6 is 0 Å². The zero-order valence-corrected chi connectivity index (χ0v) is 10.8. The van der Waals surface area contributed by atoms with E-state index in [0.29, 0.717) is 0 Å². The Morgan fingerprint density at radius 1 is 1.42 bits per heavy atom. The number of carbonyl (C=O) groups is 2. The lowest BCUT2D eigenvalue weighted by molar-refractivity contribution is -0.149. The van der Waals surface area contributed by atoms with Crippen molar-refractivity contribution < 1.29 is 19.4 Å². The molecule has 0 unspecified atom stereocenters. The van der Waals surface area contributed by atoms with Gasteiger partial charge in [0, 0.05) is 6.54 Å². The fraction of sp³-hybridized carbons (Fsp3) is 0.429. The maximum Gasteiger partial charge on any atom is 0.325 e. The molecule has 0 bridgehead atoms. The number of ether oxygens (including phenoxy) is 1. The molecule has 0 radical (unpaired) electrons. The van der Waals surface area contributed by atoms with E-state index in [4.69, 9.17) is 4.74 Å². The molecule has 1 heterocycles. The highest BCUT2D eigenvalue weighted by atomic mass is 16.5. The number of hydrogen-bond acceptors (Lipinski definition) is 4. The summed E-state index contributed by atoms with van der Waals surface area (Å²) in [7, 11) is 0. The predicted octanol–water partition coefficient (Wildman–Crippen LogP) is 0.569. The van der Waals surface area contributed by atoms with Gasteiger partial charge in [-0.2, -0.15) is 0 Å². The highest BCUT2D eigenvalue weighted by Crippen LogP contribution is 2.17. The number of esters is 1. The van der Waals surface area contributed by atoms with E-state index in [1.165, 1.54) is 4.90 Å². The maximum absolute atomic E-state index is 11.7. The maximum atomic E-state index is 11.7. The summed E-state index contributed by atoms with van der Waals surface area (Å²) in [6, 6.07) is 9.34. The molecule has 0 aliphatic carbocycles. The van der Waals surface area contributed by atoms with Crippen molar-refractivity contribution in [3.63, 3.8) is 0 Å². The molecule has 1 amide bonds. The molecule has 1 aliphatic heterocycles. The molecule has 0 saturated carbocycles. The summed E-state index contributed by atoms with van der Waals surface area (Å²) in [6.45, 7) is 1.94. The van der Waals surface area contributed by atoms with E-state index in [0.717, 1.165) is 5.56 Å². The van der Waals surface area contributed by atoms with Crippen molar-refractivity contribution >= 4 is 11.9 Å². The van der Waals surface area contributed by atoms with Crippen LogP contribution in [0.1, 0.15) is 12.5 Å². The van der Waals surface area contributed by atoms with E-state index >= 15 is 0 Å². The number of likely N-dealkylation sites (tertiary alicyclic amines) is 1. The third kappa shape index (κ3) is 3.32. The van der Waals surface area contributed by atoms with Crippen molar-refractivity contribution in [2.45, 2.75) is 19.6 Å². The van der Waals surface area contributed by atoms with E-state index in [9.17, 15) is 14.7 Å². The van der Waals surface area contributed by atoms with Crippen LogP contribution in [-0.2, 0) is 20.9 Å². The Morgan fingerprint density at radius 3 is 2.68 bits per heavy atom. The van der Waals surface area contributed by atoms with Crippen LogP contribution < -0.4 is 0 Å². The van der Waals surface area contributed by atoms with Gasteiger partial charge in [0.1, 0.15) is 13.2 Å². The molecule has 1 fully saturated rings. The van der Waals surface area contributed by atoms with Crippen LogP contribution in [0.25, 0.3) is 0 Å². The van der Waals surface area contributed by atoms with Crippen LogP contribution in [0.5, 0.6) is 0 Å². The molecular formula is C14H17NO4.